The van der Waals surface area contributed by atoms with Crippen LogP contribution in [0.5, 0.6) is 0 Å². The summed E-state index contributed by atoms with van der Waals surface area (Å²) in [7, 11) is 0. The van der Waals surface area contributed by atoms with E-state index in [1.54, 1.807) is 38.4 Å². The molecule has 1 atom stereocenters. The third kappa shape index (κ3) is 4.29. The minimum Gasteiger partial charge on any atom is -0.463 e. The first-order valence-electron chi connectivity index (χ1n) is 12.1. The van der Waals surface area contributed by atoms with Gasteiger partial charge in [-0.25, -0.2) is 14.2 Å². The van der Waals surface area contributed by atoms with Gasteiger partial charge in [-0.1, -0.05) is 6.07 Å². The largest absolute Gasteiger partial charge is 0.463 e. The fraction of sp³-hybridized carbons (Fsp3) is 0.370. The second-order valence-corrected chi connectivity index (χ2v) is 9.15. The predicted octanol–water partition coefficient (Wildman–Crippen LogP) is 4.33. The van der Waals surface area contributed by atoms with Gasteiger partial charge in [-0.05, 0) is 57.0 Å². The molecule has 0 spiro atoms. The van der Waals surface area contributed by atoms with Crippen LogP contribution >= 0.6 is 0 Å². The molecule has 1 saturated carbocycles. The Morgan fingerprint density at radius 1 is 1.19 bits per heavy atom. The van der Waals surface area contributed by atoms with E-state index >= 15 is 0 Å². The average Bonchev–Trinajstić information content (AvgIpc) is 3.57. The van der Waals surface area contributed by atoms with Crippen LogP contribution in [0.2, 0.25) is 0 Å². The van der Waals surface area contributed by atoms with E-state index in [0.29, 0.717) is 47.6 Å². The van der Waals surface area contributed by atoms with Crippen LogP contribution in [0.1, 0.15) is 67.0 Å². The highest BCUT2D eigenvalue weighted by Gasteiger charge is 2.55. The molecule has 0 unspecified atom stereocenters. The number of imidazole rings is 1. The first-order chi connectivity index (χ1) is 17.3. The molecule has 0 bridgehead atoms. The van der Waals surface area contributed by atoms with E-state index in [1.165, 1.54) is 6.07 Å². The normalized spacial score (nSPS) is 17.3. The molecule has 0 radical (unpaired) electrons. The van der Waals surface area contributed by atoms with Crippen molar-refractivity contribution in [2.75, 3.05) is 6.61 Å². The molecule has 186 valence electrons. The Morgan fingerprint density at radius 2 is 2.00 bits per heavy atom. The SMILES string of the molecule is CCOC(=O)C1(OC(=O)CC[C@@H]2N=C(c3ccccn3)c3cc(F)c(C)cc3-n3c(C)cnc32)CC1. The summed E-state index contributed by atoms with van der Waals surface area (Å²) in [6.45, 7) is 5.59. The number of hydrogen-bond donors (Lipinski definition) is 0. The van der Waals surface area contributed by atoms with E-state index in [1.807, 2.05) is 23.6 Å². The maximum absolute atomic E-state index is 14.8. The average molecular weight is 491 g/mol. The summed E-state index contributed by atoms with van der Waals surface area (Å²) in [5.41, 5.74) is 2.69. The van der Waals surface area contributed by atoms with Gasteiger partial charge in [0.05, 0.1) is 23.7 Å². The topological polar surface area (TPSA) is 95.7 Å². The van der Waals surface area contributed by atoms with E-state index < -0.39 is 23.6 Å². The van der Waals surface area contributed by atoms with Crippen molar-refractivity contribution in [1.29, 1.82) is 0 Å². The molecule has 1 aliphatic heterocycles. The standard InChI is InChI=1S/C27H27FN4O4/c1-4-35-26(34)27(10-11-27)36-23(33)9-8-21-25-30-15-17(3)32(25)22-13-16(2)19(28)14-18(22)24(31-21)20-7-5-6-12-29-20/h5-7,12-15,21H,4,8-11H2,1-3H3/t21-/m0/s1. The summed E-state index contributed by atoms with van der Waals surface area (Å²) in [4.78, 5) is 39.0. The first kappa shape index (κ1) is 23.8. The minimum absolute atomic E-state index is 0.0282. The predicted molar refractivity (Wildman–Crippen MR) is 130 cm³/mol. The van der Waals surface area contributed by atoms with Gasteiger partial charge in [-0.15, -0.1) is 0 Å². The second-order valence-electron chi connectivity index (χ2n) is 9.15. The lowest BCUT2D eigenvalue weighted by Crippen LogP contribution is -2.31. The molecule has 0 N–H and O–H groups in total. The second kappa shape index (κ2) is 9.29. The Bertz CT molecular complexity index is 1360. The van der Waals surface area contributed by atoms with Gasteiger partial charge in [0.1, 0.15) is 17.7 Å². The Labute approximate surface area is 208 Å². The van der Waals surface area contributed by atoms with Crippen molar-refractivity contribution >= 4 is 17.7 Å². The molecule has 9 heteroatoms. The van der Waals surface area contributed by atoms with Crippen molar-refractivity contribution in [3.63, 3.8) is 0 Å². The summed E-state index contributed by atoms with van der Waals surface area (Å²) in [6.07, 6.45) is 4.65. The number of aliphatic imine (C=N–C) groups is 1. The van der Waals surface area contributed by atoms with Gasteiger partial charge in [0.2, 0.25) is 5.60 Å². The van der Waals surface area contributed by atoms with Gasteiger partial charge in [-0.2, -0.15) is 0 Å². The van der Waals surface area contributed by atoms with Crippen molar-refractivity contribution in [2.24, 2.45) is 4.99 Å². The quantitative estimate of drug-likeness (QED) is 0.458. The Hall–Kier alpha value is -3.88. The number of rotatable bonds is 7. The Kier molecular flexibility index (Phi) is 6.15. The third-order valence-electron chi connectivity index (χ3n) is 6.51. The van der Waals surface area contributed by atoms with Crippen molar-refractivity contribution in [2.45, 2.75) is 58.1 Å². The van der Waals surface area contributed by atoms with Gasteiger partial charge < -0.3 is 9.47 Å². The van der Waals surface area contributed by atoms with Crippen molar-refractivity contribution in [1.82, 2.24) is 14.5 Å². The first-order valence-corrected chi connectivity index (χ1v) is 12.1. The fourth-order valence-electron chi connectivity index (χ4n) is 4.48. The number of nitrogens with zero attached hydrogens (tertiary/aromatic N) is 4. The molecular weight excluding hydrogens is 463 g/mol. The summed E-state index contributed by atoms with van der Waals surface area (Å²) < 4.78 is 27.3. The minimum atomic E-state index is -1.15. The Morgan fingerprint density at radius 3 is 2.69 bits per heavy atom. The zero-order valence-corrected chi connectivity index (χ0v) is 20.5. The summed E-state index contributed by atoms with van der Waals surface area (Å²) in [6, 6.07) is 8.22. The number of pyridine rings is 1. The van der Waals surface area contributed by atoms with Crippen LogP contribution in [0.15, 0.2) is 47.7 Å². The molecule has 1 aliphatic carbocycles. The molecule has 5 rings (SSSR count). The van der Waals surface area contributed by atoms with E-state index in [0.717, 1.165) is 11.4 Å². The molecule has 8 nitrogen and oxygen atoms in total. The molecule has 2 aliphatic rings. The Balaban J connectivity index is 1.50. The highest BCUT2D eigenvalue weighted by atomic mass is 19.1. The number of benzene rings is 1. The number of hydrogen-bond acceptors (Lipinski definition) is 7. The summed E-state index contributed by atoms with van der Waals surface area (Å²) in [5, 5.41) is 0. The molecule has 3 aromatic rings. The number of carbonyl (C=O) groups excluding carboxylic acids is 2. The lowest BCUT2D eigenvalue weighted by atomic mass is 10.0. The van der Waals surface area contributed by atoms with E-state index in [9.17, 15) is 14.0 Å². The van der Waals surface area contributed by atoms with E-state index in [2.05, 4.69) is 9.97 Å². The van der Waals surface area contributed by atoms with Gasteiger partial charge in [0.15, 0.2) is 0 Å². The number of carbonyl (C=O) groups is 2. The van der Waals surface area contributed by atoms with Gasteiger partial charge in [0.25, 0.3) is 0 Å². The van der Waals surface area contributed by atoms with Crippen LogP contribution in [0, 0.1) is 19.7 Å². The molecule has 1 fully saturated rings. The maximum Gasteiger partial charge on any atom is 0.350 e. The van der Waals surface area contributed by atoms with Gasteiger partial charge in [0, 0.05) is 42.9 Å². The van der Waals surface area contributed by atoms with E-state index in [-0.39, 0.29) is 18.8 Å². The molecule has 2 aromatic heterocycles. The number of aromatic nitrogens is 3. The number of aryl methyl sites for hydroxylation is 2. The molecule has 3 heterocycles. The van der Waals surface area contributed by atoms with Crippen molar-refractivity contribution in [3.8, 4) is 5.69 Å². The zero-order valence-electron chi connectivity index (χ0n) is 20.5. The van der Waals surface area contributed by atoms with Gasteiger partial charge in [-0.3, -0.25) is 19.3 Å². The van der Waals surface area contributed by atoms with Crippen LogP contribution in [-0.4, -0.2) is 44.4 Å². The van der Waals surface area contributed by atoms with Crippen molar-refractivity contribution in [3.05, 3.63) is 76.9 Å². The lowest BCUT2D eigenvalue weighted by molar-refractivity contribution is -0.171. The molecule has 36 heavy (non-hydrogen) atoms. The highest BCUT2D eigenvalue weighted by molar-refractivity contribution is 6.14. The number of esters is 2. The molecule has 0 saturated heterocycles. The molecule has 0 amide bonds. The maximum atomic E-state index is 14.8. The molecule has 1 aromatic carbocycles. The number of fused-ring (bicyclic) bond motifs is 3. The molecular formula is C27H27FN4O4. The van der Waals surface area contributed by atoms with Gasteiger partial charge >= 0.3 is 11.9 Å². The third-order valence-corrected chi connectivity index (χ3v) is 6.51. The monoisotopic (exact) mass is 490 g/mol. The van der Waals surface area contributed by atoms with Crippen LogP contribution in [-0.2, 0) is 19.1 Å². The van der Waals surface area contributed by atoms with Crippen LogP contribution in [0.3, 0.4) is 0 Å². The summed E-state index contributed by atoms with van der Waals surface area (Å²) in [5.74, 6) is -0.687. The van der Waals surface area contributed by atoms with Crippen molar-refractivity contribution < 1.29 is 23.5 Å². The zero-order chi connectivity index (χ0) is 25.4. The lowest BCUT2D eigenvalue weighted by Gasteiger charge is -2.17. The van der Waals surface area contributed by atoms with E-state index in [4.69, 9.17) is 14.5 Å². The number of halogens is 1. The fourth-order valence-corrected chi connectivity index (χ4v) is 4.48. The van der Waals surface area contributed by atoms with Crippen LogP contribution in [0.4, 0.5) is 4.39 Å². The van der Waals surface area contributed by atoms with Crippen LogP contribution < -0.4 is 0 Å². The smallest absolute Gasteiger partial charge is 0.350 e. The number of ether oxygens (including phenoxy) is 2. The van der Waals surface area contributed by atoms with Crippen LogP contribution in [0.25, 0.3) is 5.69 Å². The summed E-state index contributed by atoms with van der Waals surface area (Å²) >= 11 is 0. The highest BCUT2D eigenvalue weighted by Crippen LogP contribution is 2.41.